The third kappa shape index (κ3) is 9.84. The number of ether oxygens (including phenoxy) is 1. The summed E-state index contributed by atoms with van der Waals surface area (Å²) < 4.78 is 5.44. The Morgan fingerprint density at radius 2 is 1.78 bits per heavy atom. The van der Waals surface area contributed by atoms with Gasteiger partial charge in [-0.1, -0.05) is 64.3 Å². The van der Waals surface area contributed by atoms with Gasteiger partial charge in [0.1, 0.15) is 12.1 Å². The van der Waals surface area contributed by atoms with Crippen molar-refractivity contribution in [2.75, 3.05) is 13.2 Å². The number of unbranched alkanes of at least 4 members (excludes halogenated alkanes) is 2. The number of aromatic nitrogens is 1. The average molecular weight is 655 g/mol. The molecule has 2 aliphatic rings. The second-order valence-electron chi connectivity index (χ2n) is 13.8. The molecule has 2 heterocycles. The number of benzene rings is 1. The van der Waals surface area contributed by atoms with Crippen LogP contribution in [0.5, 0.6) is 0 Å². The zero-order valence-electron chi connectivity index (χ0n) is 27.7. The maximum absolute atomic E-state index is 13.8. The van der Waals surface area contributed by atoms with Crippen molar-refractivity contribution >= 4 is 35.0 Å². The molecule has 1 aliphatic carbocycles. The zero-order valence-corrected chi connectivity index (χ0v) is 28.5. The largest absolute Gasteiger partial charge is 0.465 e. The molecule has 0 spiro atoms. The summed E-state index contributed by atoms with van der Waals surface area (Å²) in [7, 11) is 0. The standard InChI is InChI=1S/C35H50N4O6S/c1-23-30(46-22-37-23)25-16-14-24(15-17-25)20-36-32(42)28-19-27(40)21-39(28)33(43)31(35(2,3)4)38-29(41)13-9-6-10-18-45-34(44)26-11-7-5-8-12-26/h14-17,22,26-28,31,40H,5-13,18-21H2,1-4H3,(H,36,42)(H,38,41). The van der Waals surface area contributed by atoms with Gasteiger partial charge in [0, 0.05) is 25.9 Å². The number of nitrogens with one attached hydrogen (secondary N) is 2. The van der Waals surface area contributed by atoms with Crippen LogP contribution in [-0.2, 0) is 30.5 Å². The quantitative estimate of drug-likeness (QED) is 0.206. The predicted octanol–water partition coefficient (Wildman–Crippen LogP) is 4.91. The van der Waals surface area contributed by atoms with E-state index in [1.54, 1.807) is 11.3 Å². The molecule has 2 fully saturated rings. The molecule has 3 atom stereocenters. The maximum Gasteiger partial charge on any atom is 0.308 e. The SMILES string of the molecule is Cc1ncsc1-c1ccc(CNC(=O)C2CC(O)CN2C(=O)C(NC(=O)CCCCCOC(=O)C2CCCCC2)C(C)(C)C)cc1. The van der Waals surface area contributed by atoms with Crippen molar-refractivity contribution in [1.82, 2.24) is 20.5 Å². The van der Waals surface area contributed by atoms with E-state index in [9.17, 15) is 24.3 Å². The molecule has 4 rings (SSSR count). The van der Waals surface area contributed by atoms with Crippen LogP contribution < -0.4 is 10.6 Å². The van der Waals surface area contributed by atoms with Gasteiger partial charge in [-0.25, -0.2) is 4.98 Å². The van der Waals surface area contributed by atoms with Crippen molar-refractivity contribution < 1.29 is 29.0 Å². The van der Waals surface area contributed by atoms with Gasteiger partial charge in [0.2, 0.25) is 17.7 Å². The Labute approximate surface area is 276 Å². The third-order valence-electron chi connectivity index (χ3n) is 8.94. The lowest BCUT2D eigenvalue weighted by Gasteiger charge is -2.35. The van der Waals surface area contributed by atoms with Crippen molar-refractivity contribution in [2.45, 2.75) is 117 Å². The van der Waals surface area contributed by atoms with Crippen LogP contribution >= 0.6 is 11.3 Å². The Morgan fingerprint density at radius 3 is 2.43 bits per heavy atom. The number of esters is 1. The summed E-state index contributed by atoms with van der Waals surface area (Å²) >= 11 is 1.58. The molecule has 1 saturated carbocycles. The highest BCUT2D eigenvalue weighted by atomic mass is 32.1. The van der Waals surface area contributed by atoms with Crippen molar-refractivity contribution in [2.24, 2.45) is 11.3 Å². The molecule has 10 nitrogen and oxygen atoms in total. The van der Waals surface area contributed by atoms with Crippen LogP contribution in [0.1, 0.15) is 96.2 Å². The number of likely N-dealkylation sites (tertiary alicyclic amines) is 1. The summed E-state index contributed by atoms with van der Waals surface area (Å²) in [6.07, 6.45) is 6.76. The lowest BCUT2D eigenvalue weighted by atomic mass is 9.85. The molecule has 2 aromatic rings. The number of carbonyl (C=O) groups excluding carboxylic acids is 4. The fraction of sp³-hybridized carbons (Fsp3) is 0.629. The second kappa shape index (κ2) is 16.5. The molecule has 1 saturated heterocycles. The van der Waals surface area contributed by atoms with E-state index in [1.807, 2.05) is 57.5 Å². The number of hydrogen-bond donors (Lipinski definition) is 3. The van der Waals surface area contributed by atoms with Crippen LogP contribution in [0.2, 0.25) is 0 Å². The van der Waals surface area contributed by atoms with E-state index in [0.29, 0.717) is 19.4 Å². The summed E-state index contributed by atoms with van der Waals surface area (Å²) in [4.78, 5) is 59.1. The van der Waals surface area contributed by atoms with Crippen LogP contribution in [0.4, 0.5) is 0 Å². The highest BCUT2D eigenvalue weighted by Crippen LogP contribution is 2.29. The van der Waals surface area contributed by atoms with Crippen molar-refractivity contribution in [3.05, 3.63) is 41.0 Å². The first-order chi connectivity index (χ1) is 21.9. The van der Waals surface area contributed by atoms with Crippen molar-refractivity contribution in [3.63, 3.8) is 0 Å². The van der Waals surface area contributed by atoms with Crippen LogP contribution in [0, 0.1) is 18.3 Å². The van der Waals surface area contributed by atoms with Gasteiger partial charge in [0.15, 0.2) is 0 Å². The number of amides is 3. The molecule has 1 aromatic carbocycles. The summed E-state index contributed by atoms with van der Waals surface area (Å²) in [5.41, 5.74) is 4.16. The normalized spacial score (nSPS) is 19.5. The molecular formula is C35H50N4O6S. The Balaban J connectivity index is 1.25. The van der Waals surface area contributed by atoms with Crippen molar-refractivity contribution in [1.29, 1.82) is 0 Å². The minimum Gasteiger partial charge on any atom is -0.465 e. The molecule has 0 bridgehead atoms. The number of aliphatic hydroxyl groups is 1. The van der Waals surface area contributed by atoms with Gasteiger partial charge in [0.05, 0.1) is 34.7 Å². The first kappa shape index (κ1) is 35.5. The van der Waals surface area contributed by atoms with Crippen LogP contribution in [0.3, 0.4) is 0 Å². The Kier molecular flexibility index (Phi) is 12.7. The number of aliphatic hydroxyl groups excluding tert-OH is 1. The highest BCUT2D eigenvalue weighted by molar-refractivity contribution is 7.13. The van der Waals surface area contributed by atoms with E-state index < -0.39 is 23.6 Å². The van der Waals surface area contributed by atoms with Gasteiger partial charge in [0.25, 0.3) is 0 Å². The van der Waals surface area contributed by atoms with Gasteiger partial charge in [-0.05, 0) is 55.6 Å². The lowest BCUT2D eigenvalue weighted by Crippen LogP contribution is -2.57. The zero-order chi connectivity index (χ0) is 33.3. The monoisotopic (exact) mass is 654 g/mol. The summed E-state index contributed by atoms with van der Waals surface area (Å²) in [6, 6.07) is 6.22. The fourth-order valence-electron chi connectivity index (χ4n) is 6.21. The smallest absolute Gasteiger partial charge is 0.308 e. The van der Waals surface area contributed by atoms with Crippen LogP contribution in [0.25, 0.3) is 10.4 Å². The maximum atomic E-state index is 13.8. The fourth-order valence-corrected chi connectivity index (χ4v) is 7.02. The summed E-state index contributed by atoms with van der Waals surface area (Å²) in [5, 5.41) is 16.3. The molecule has 1 aliphatic heterocycles. The number of nitrogens with zero attached hydrogens (tertiary/aromatic N) is 2. The molecule has 3 unspecified atom stereocenters. The molecule has 252 valence electrons. The average Bonchev–Trinajstić information content (AvgIpc) is 3.65. The highest BCUT2D eigenvalue weighted by Gasteiger charge is 2.44. The van der Waals surface area contributed by atoms with Gasteiger partial charge < -0.3 is 25.4 Å². The lowest BCUT2D eigenvalue weighted by molar-refractivity contribution is -0.149. The number of rotatable bonds is 13. The van der Waals surface area contributed by atoms with Crippen molar-refractivity contribution in [3.8, 4) is 10.4 Å². The van der Waals surface area contributed by atoms with E-state index in [1.165, 1.54) is 11.3 Å². The second-order valence-corrected chi connectivity index (χ2v) is 14.6. The van der Waals surface area contributed by atoms with Gasteiger partial charge in [-0.3, -0.25) is 19.2 Å². The summed E-state index contributed by atoms with van der Waals surface area (Å²) in [6.45, 7) is 8.26. The summed E-state index contributed by atoms with van der Waals surface area (Å²) in [5.74, 6) is -1.03. The molecular weight excluding hydrogens is 604 g/mol. The number of hydrogen-bond acceptors (Lipinski definition) is 8. The van der Waals surface area contributed by atoms with E-state index in [-0.39, 0.29) is 55.5 Å². The Morgan fingerprint density at radius 1 is 1.07 bits per heavy atom. The molecule has 1 aromatic heterocycles. The first-order valence-corrected chi connectivity index (χ1v) is 17.5. The Bertz CT molecular complexity index is 1330. The molecule has 11 heteroatoms. The number of thiazole rings is 1. The minimum atomic E-state index is -0.861. The van der Waals surface area contributed by atoms with Gasteiger partial charge in [-0.15, -0.1) is 11.3 Å². The van der Waals surface area contributed by atoms with E-state index in [4.69, 9.17) is 4.74 Å². The van der Waals surface area contributed by atoms with E-state index in [0.717, 1.165) is 53.8 Å². The topological polar surface area (TPSA) is 138 Å². The van der Waals surface area contributed by atoms with E-state index in [2.05, 4.69) is 15.6 Å². The minimum absolute atomic E-state index is 0.0296. The molecule has 46 heavy (non-hydrogen) atoms. The third-order valence-corrected chi connectivity index (χ3v) is 9.92. The molecule has 3 N–H and O–H groups in total. The molecule has 0 radical (unpaired) electrons. The number of carbonyl (C=O) groups is 4. The van der Waals surface area contributed by atoms with E-state index >= 15 is 0 Å². The Hall–Kier alpha value is -3.31. The molecule has 3 amide bonds. The number of aryl methyl sites for hydroxylation is 1. The van der Waals surface area contributed by atoms with Crippen LogP contribution in [-0.4, -0.2) is 70.0 Å². The van der Waals surface area contributed by atoms with Gasteiger partial charge >= 0.3 is 5.97 Å². The van der Waals surface area contributed by atoms with Gasteiger partial charge in [-0.2, -0.15) is 0 Å². The van der Waals surface area contributed by atoms with Crippen LogP contribution in [0.15, 0.2) is 29.8 Å². The number of β-amino-alcohol motifs (C(OH)–C–C–N with tert-alkyl or cyclic N) is 1. The predicted molar refractivity (Wildman–Crippen MR) is 178 cm³/mol. The first-order valence-electron chi connectivity index (χ1n) is 16.7.